The summed E-state index contributed by atoms with van der Waals surface area (Å²) >= 11 is 6.04. The van der Waals surface area contributed by atoms with E-state index in [1.54, 1.807) is 6.92 Å². The molecule has 0 spiro atoms. The van der Waals surface area contributed by atoms with Crippen LogP contribution in [0.4, 0.5) is 0 Å². The lowest BCUT2D eigenvalue weighted by atomic mass is 9.95. The summed E-state index contributed by atoms with van der Waals surface area (Å²) in [6, 6.07) is 5.62. The van der Waals surface area contributed by atoms with Crippen molar-refractivity contribution in [2.45, 2.75) is 13.3 Å². The molecule has 78 valence electrons. The van der Waals surface area contributed by atoms with E-state index in [9.17, 15) is 4.79 Å². The summed E-state index contributed by atoms with van der Waals surface area (Å²) in [5.74, 6) is -1.27. The predicted molar refractivity (Wildman–Crippen MR) is 59.9 cm³/mol. The van der Waals surface area contributed by atoms with Gasteiger partial charge in [-0.25, -0.2) is 0 Å². The molecule has 1 aromatic rings. The number of allylic oxidation sites excluding steroid dienone is 1. The van der Waals surface area contributed by atoms with E-state index in [4.69, 9.17) is 16.7 Å². The lowest BCUT2D eigenvalue weighted by Crippen LogP contribution is -2.10. The molecule has 0 radical (unpaired) electrons. The average Bonchev–Trinajstić information content (AvgIpc) is 2.61. The van der Waals surface area contributed by atoms with Gasteiger partial charge in [0.05, 0.1) is 5.92 Å². The Labute approximate surface area is 93.2 Å². The Hall–Kier alpha value is -1.28. The summed E-state index contributed by atoms with van der Waals surface area (Å²) in [6.07, 6.45) is 2.69. The second-order valence-electron chi connectivity index (χ2n) is 3.69. The van der Waals surface area contributed by atoms with E-state index in [1.807, 2.05) is 24.3 Å². The summed E-state index contributed by atoms with van der Waals surface area (Å²) in [5, 5.41) is 9.68. The molecule has 0 fully saturated rings. The number of carboxylic acids is 1. The zero-order valence-corrected chi connectivity index (χ0v) is 9.08. The van der Waals surface area contributed by atoms with E-state index in [2.05, 4.69) is 0 Å². The monoisotopic (exact) mass is 222 g/mol. The van der Waals surface area contributed by atoms with Gasteiger partial charge in [0.25, 0.3) is 0 Å². The van der Waals surface area contributed by atoms with Crippen LogP contribution in [0.2, 0.25) is 5.02 Å². The van der Waals surface area contributed by atoms with Crippen molar-refractivity contribution in [1.82, 2.24) is 0 Å². The molecule has 2 nitrogen and oxygen atoms in total. The minimum Gasteiger partial charge on any atom is -0.481 e. The zero-order chi connectivity index (χ0) is 11.0. The van der Waals surface area contributed by atoms with Crippen molar-refractivity contribution in [2.75, 3.05) is 0 Å². The Balaban J connectivity index is 2.43. The highest BCUT2D eigenvalue weighted by atomic mass is 35.5. The Bertz CT molecular complexity index is 449. The van der Waals surface area contributed by atoms with Crippen LogP contribution in [0.3, 0.4) is 0 Å². The number of hydrogen-bond donors (Lipinski definition) is 1. The molecule has 2 rings (SSSR count). The van der Waals surface area contributed by atoms with Crippen LogP contribution >= 0.6 is 11.6 Å². The van der Waals surface area contributed by atoms with Crippen molar-refractivity contribution in [3.05, 3.63) is 40.4 Å². The van der Waals surface area contributed by atoms with Crippen molar-refractivity contribution >= 4 is 23.1 Å². The SMILES string of the molecule is CC(C(=O)O)C1=CCc2c(Cl)cccc21. The van der Waals surface area contributed by atoms with Crippen LogP contribution in [0.25, 0.3) is 5.57 Å². The first-order chi connectivity index (χ1) is 7.11. The number of hydrogen-bond acceptors (Lipinski definition) is 1. The summed E-state index contributed by atoms with van der Waals surface area (Å²) in [5.41, 5.74) is 2.90. The highest BCUT2D eigenvalue weighted by molar-refractivity contribution is 6.31. The van der Waals surface area contributed by atoms with E-state index in [0.717, 1.165) is 28.1 Å². The Morgan fingerprint density at radius 1 is 1.53 bits per heavy atom. The van der Waals surface area contributed by atoms with Crippen LogP contribution in [-0.4, -0.2) is 11.1 Å². The van der Waals surface area contributed by atoms with Crippen LogP contribution in [0.1, 0.15) is 18.1 Å². The van der Waals surface area contributed by atoms with Crippen molar-refractivity contribution in [1.29, 1.82) is 0 Å². The number of carbonyl (C=O) groups is 1. The average molecular weight is 223 g/mol. The maximum Gasteiger partial charge on any atom is 0.310 e. The van der Waals surface area contributed by atoms with E-state index < -0.39 is 11.9 Å². The Morgan fingerprint density at radius 2 is 2.27 bits per heavy atom. The second kappa shape index (κ2) is 3.70. The third kappa shape index (κ3) is 1.65. The molecule has 1 N–H and O–H groups in total. The molecule has 0 aromatic heterocycles. The quantitative estimate of drug-likeness (QED) is 0.835. The molecule has 0 aliphatic heterocycles. The standard InChI is InChI=1S/C12H11ClO2/c1-7(12(14)15)8-5-6-10-9(8)3-2-4-11(10)13/h2-5,7H,6H2,1H3,(H,14,15). The van der Waals surface area contributed by atoms with Crippen molar-refractivity contribution in [3.8, 4) is 0 Å². The Morgan fingerprint density at radius 3 is 2.93 bits per heavy atom. The number of carboxylic acid groups (broad SMARTS) is 1. The highest BCUT2D eigenvalue weighted by Crippen LogP contribution is 2.36. The number of rotatable bonds is 2. The van der Waals surface area contributed by atoms with Crippen LogP contribution in [0, 0.1) is 5.92 Å². The van der Waals surface area contributed by atoms with Crippen LogP contribution in [0.15, 0.2) is 24.3 Å². The molecule has 15 heavy (non-hydrogen) atoms. The molecule has 0 amide bonds. The van der Waals surface area contributed by atoms with E-state index in [0.29, 0.717) is 0 Å². The minimum absolute atomic E-state index is 0.468. The molecule has 1 atom stereocenters. The van der Waals surface area contributed by atoms with Gasteiger partial charge in [-0.1, -0.05) is 29.8 Å². The van der Waals surface area contributed by atoms with Gasteiger partial charge in [0, 0.05) is 5.02 Å². The molecule has 0 saturated carbocycles. The van der Waals surface area contributed by atoms with Crippen LogP contribution in [-0.2, 0) is 11.2 Å². The van der Waals surface area contributed by atoms with E-state index in [1.165, 1.54) is 0 Å². The fraction of sp³-hybridized carbons (Fsp3) is 0.250. The Kier molecular flexibility index (Phi) is 2.53. The van der Waals surface area contributed by atoms with E-state index >= 15 is 0 Å². The minimum atomic E-state index is -0.797. The third-order valence-electron chi connectivity index (χ3n) is 2.79. The molecule has 0 saturated heterocycles. The summed E-state index contributed by atoms with van der Waals surface area (Å²) in [7, 11) is 0. The summed E-state index contributed by atoms with van der Waals surface area (Å²) in [6.45, 7) is 1.70. The van der Waals surface area contributed by atoms with Crippen molar-refractivity contribution in [2.24, 2.45) is 5.92 Å². The van der Waals surface area contributed by atoms with Gasteiger partial charge in [-0.3, -0.25) is 4.79 Å². The van der Waals surface area contributed by atoms with Gasteiger partial charge in [0.15, 0.2) is 0 Å². The van der Waals surface area contributed by atoms with Crippen LogP contribution in [0.5, 0.6) is 0 Å². The maximum atomic E-state index is 10.9. The lowest BCUT2D eigenvalue weighted by Gasteiger charge is -2.10. The fourth-order valence-corrected chi connectivity index (χ4v) is 2.15. The number of benzene rings is 1. The largest absolute Gasteiger partial charge is 0.481 e. The first kappa shape index (κ1) is 10.2. The number of aliphatic carboxylic acids is 1. The van der Waals surface area contributed by atoms with Gasteiger partial charge in [-0.2, -0.15) is 0 Å². The topological polar surface area (TPSA) is 37.3 Å². The molecule has 3 heteroatoms. The van der Waals surface area contributed by atoms with Gasteiger partial charge >= 0.3 is 5.97 Å². The van der Waals surface area contributed by atoms with Gasteiger partial charge in [0.1, 0.15) is 0 Å². The zero-order valence-electron chi connectivity index (χ0n) is 8.33. The van der Waals surface area contributed by atoms with Gasteiger partial charge in [0.2, 0.25) is 0 Å². The van der Waals surface area contributed by atoms with Gasteiger partial charge < -0.3 is 5.11 Å². The summed E-state index contributed by atoms with van der Waals surface area (Å²) in [4.78, 5) is 10.9. The molecule has 0 bridgehead atoms. The van der Waals surface area contributed by atoms with Crippen LogP contribution < -0.4 is 0 Å². The molecular formula is C12H11ClO2. The second-order valence-corrected chi connectivity index (χ2v) is 4.10. The van der Waals surface area contributed by atoms with Crippen molar-refractivity contribution < 1.29 is 9.90 Å². The maximum absolute atomic E-state index is 10.9. The number of halogens is 1. The molecule has 1 aliphatic rings. The van der Waals surface area contributed by atoms with E-state index in [-0.39, 0.29) is 0 Å². The normalized spacial score (nSPS) is 15.7. The van der Waals surface area contributed by atoms with Crippen molar-refractivity contribution in [3.63, 3.8) is 0 Å². The third-order valence-corrected chi connectivity index (χ3v) is 3.15. The predicted octanol–water partition coefficient (Wildman–Crippen LogP) is 3.00. The summed E-state index contributed by atoms with van der Waals surface area (Å²) < 4.78 is 0. The first-order valence-electron chi connectivity index (χ1n) is 4.82. The smallest absolute Gasteiger partial charge is 0.310 e. The first-order valence-corrected chi connectivity index (χ1v) is 5.19. The molecular weight excluding hydrogens is 212 g/mol. The number of fused-ring (bicyclic) bond motifs is 1. The highest BCUT2D eigenvalue weighted by Gasteiger charge is 2.24. The lowest BCUT2D eigenvalue weighted by molar-refractivity contribution is -0.139. The fourth-order valence-electron chi connectivity index (χ4n) is 1.90. The van der Waals surface area contributed by atoms with Gasteiger partial charge in [-0.15, -0.1) is 0 Å². The molecule has 1 unspecified atom stereocenters. The molecule has 1 aliphatic carbocycles. The van der Waals surface area contributed by atoms with Gasteiger partial charge in [-0.05, 0) is 36.1 Å². The molecule has 1 aromatic carbocycles. The molecule has 0 heterocycles.